The van der Waals surface area contributed by atoms with Gasteiger partial charge in [0.25, 0.3) is 0 Å². The van der Waals surface area contributed by atoms with Gasteiger partial charge in [0, 0.05) is 38.5 Å². The third-order valence-corrected chi connectivity index (χ3v) is 10.00. The largest absolute Gasteiger partial charge is 0.456 e. The first-order valence-electron chi connectivity index (χ1n) is 17.4. The third-order valence-electron chi connectivity index (χ3n) is 10.00. The van der Waals surface area contributed by atoms with Crippen molar-refractivity contribution in [1.82, 2.24) is 4.57 Å². The van der Waals surface area contributed by atoms with Crippen LogP contribution < -0.4 is 4.90 Å². The highest BCUT2D eigenvalue weighted by molar-refractivity contribution is 6.17. The van der Waals surface area contributed by atoms with E-state index in [9.17, 15) is 0 Å². The molecule has 0 spiro atoms. The van der Waals surface area contributed by atoms with Crippen molar-refractivity contribution in [3.05, 3.63) is 194 Å². The van der Waals surface area contributed by atoms with Crippen LogP contribution in [0, 0.1) is 0 Å². The maximum Gasteiger partial charge on any atom is 0.135 e. The molecule has 0 N–H and O–H groups in total. The van der Waals surface area contributed by atoms with Crippen LogP contribution in [0.4, 0.5) is 17.1 Å². The van der Waals surface area contributed by atoms with Gasteiger partial charge in [0.15, 0.2) is 0 Å². The van der Waals surface area contributed by atoms with Crippen molar-refractivity contribution in [2.24, 2.45) is 0 Å². The Morgan fingerprint density at radius 1 is 0.392 bits per heavy atom. The van der Waals surface area contributed by atoms with Crippen molar-refractivity contribution in [1.29, 1.82) is 0 Å². The zero-order valence-electron chi connectivity index (χ0n) is 27.8. The molecule has 51 heavy (non-hydrogen) atoms. The van der Waals surface area contributed by atoms with Crippen molar-refractivity contribution in [3.8, 4) is 27.9 Å². The lowest BCUT2D eigenvalue weighted by atomic mass is 9.99. The number of nitrogens with zero attached hydrogens (tertiary/aromatic N) is 2. The summed E-state index contributed by atoms with van der Waals surface area (Å²) in [5, 5.41) is 4.69. The van der Waals surface area contributed by atoms with Crippen LogP contribution in [0.3, 0.4) is 0 Å². The third kappa shape index (κ3) is 4.82. The van der Waals surface area contributed by atoms with E-state index in [1.165, 1.54) is 32.9 Å². The highest BCUT2D eigenvalue weighted by atomic mass is 16.3. The minimum Gasteiger partial charge on any atom is -0.456 e. The smallest absolute Gasteiger partial charge is 0.135 e. The summed E-state index contributed by atoms with van der Waals surface area (Å²) in [6, 6.07) is 69.2. The number of aromatic nitrogens is 1. The fourth-order valence-corrected chi connectivity index (χ4v) is 7.69. The predicted molar refractivity (Wildman–Crippen MR) is 214 cm³/mol. The summed E-state index contributed by atoms with van der Waals surface area (Å²) in [7, 11) is 0. The Morgan fingerprint density at radius 2 is 1.02 bits per heavy atom. The van der Waals surface area contributed by atoms with E-state index in [1.54, 1.807) is 0 Å². The van der Waals surface area contributed by atoms with Gasteiger partial charge in [-0.3, -0.25) is 0 Å². The molecule has 0 aliphatic heterocycles. The number of benzene rings is 8. The second-order valence-electron chi connectivity index (χ2n) is 12.9. The summed E-state index contributed by atoms with van der Waals surface area (Å²) in [5.74, 6) is 0. The molecule has 0 aliphatic carbocycles. The first-order valence-corrected chi connectivity index (χ1v) is 17.4. The van der Waals surface area contributed by atoms with Gasteiger partial charge in [0.05, 0.1) is 22.4 Å². The monoisotopic (exact) mass is 652 g/mol. The summed E-state index contributed by atoms with van der Waals surface area (Å²) in [6.07, 6.45) is 0. The molecule has 3 heteroatoms. The zero-order chi connectivity index (χ0) is 33.7. The molecule has 0 saturated heterocycles. The lowest BCUT2D eigenvalue weighted by molar-refractivity contribution is 0.669. The van der Waals surface area contributed by atoms with Crippen molar-refractivity contribution in [3.63, 3.8) is 0 Å². The number of hydrogen-bond donors (Lipinski definition) is 0. The van der Waals surface area contributed by atoms with E-state index in [4.69, 9.17) is 4.42 Å². The van der Waals surface area contributed by atoms with Gasteiger partial charge in [-0.2, -0.15) is 0 Å². The second kappa shape index (κ2) is 11.9. The molecule has 10 rings (SSSR count). The van der Waals surface area contributed by atoms with Crippen molar-refractivity contribution in [2.45, 2.75) is 0 Å². The molecular weight excluding hydrogens is 621 g/mol. The highest BCUT2D eigenvalue weighted by Gasteiger charge is 2.23. The first-order chi connectivity index (χ1) is 25.3. The van der Waals surface area contributed by atoms with E-state index < -0.39 is 0 Å². The lowest BCUT2D eigenvalue weighted by Gasteiger charge is -2.29. The predicted octanol–water partition coefficient (Wildman–Crippen LogP) is 13.5. The van der Waals surface area contributed by atoms with Crippen molar-refractivity contribution < 1.29 is 4.42 Å². The van der Waals surface area contributed by atoms with Crippen LogP contribution in [0.15, 0.2) is 199 Å². The van der Waals surface area contributed by atoms with Crippen LogP contribution in [-0.4, -0.2) is 4.57 Å². The summed E-state index contributed by atoms with van der Waals surface area (Å²) in [5.41, 5.74) is 13.3. The molecule has 0 aliphatic rings. The molecule has 2 heterocycles. The molecular formula is C48H32N2O. The van der Waals surface area contributed by atoms with Gasteiger partial charge in [-0.05, 0) is 83.4 Å². The summed E-state index contributed by atoms with van der Waals surface area (Å²) < 4.78 is 8.51. The standard InChI is InChI=1S/C48H32N2O/c1-3-14-34(15-4-1)38-18-7-10-21-42(38)50(37-29-26-33(27-30-37)35-28-31-47-41(32-35)39-19-9-12-25-46(39)51-47)45-24-13-23-44-48(45)40-20-8-11-22-43(40)49(44)36-16-5-2-6-17-36/h1-32H. The molecule has 0 unspecified atom stereocenters. The van der Waals surface area contributed by atoms with Crippen LogP contribution in [0.25, 0.3) is 71.7 Å². The topological polar surface area (TPSA) is 21.3 Å². The molecule has 8 aromatic carbocycles. The fraction of sp³-hybridized carbons (Fsp3) is 0. The van der Waals surface area contributed by atoms with E-state index in [0.717, 1.165) is 55.8 Å². The SMILES string of the molecule is c1ccc(-c2ccccc2N(c2ccc(-c3ccc4oc5ccccc5c4c3)cc2)c2cccc3c2c2ccccc2n3-c2ccccc2)cc1. The number of fused-ring (bicyclic) bond motifs is 6. The summed E-state index contributed by atoms with van der Waals surface area (Å²) in [6.45, 7) is 0. The first kappa shape index (κ1) is 29.1. The fourth-order valence-electron chi connectivity index (χ4n) is 7.69. The maximum atomic E-state index is 6.13. The van der Waals surface area contributed by atoms with Crippen LogP contribution >= 0.6 is 0 Å². The number of furan rings is 1. The quantitative estimate of drug-likeness (QED) is 0.178. The molecule has 0 radical (unpaired) electrons. The van der Waals surface area contributed by atoms with E-state index in [2.05, 4.69) is 191 Å². The Labute approximate surface area is 295 Å². The van der Waals surface area contributed by atoms with E-state index in [0.29, 0.717) is 0 Å². The van der Waals surface area contributed by atoms with Gasteiger partial charge in [-0.15, -0.1) is 0 Å². The van der Waals surface area contributed by atoms with Crippen LogP contribution in [-0.2, 0) is 0 Å². The van der Waals surface area contributed by atoms with Gasteiger partial charge in [-0.25, -0.2) is 0 Å². The minimum atomic E-state index is 0.906. The molecule has 2 aromatic heterocycles. The summed E-state index contributed by atoms with van der Waals surface area (Å²) >= 11 is 0. The van der Waals surface area contributed by atoms with E-state index in [-0.39, 0.29) is 0 Å². The number of hydrogen-bond acceptors (Lipinski definition) is 2. The van der Waals surface area contributed by atoms with E-state index in [1.807, 2.05) is 12.1 Å². The average Bonchev–Trinajstić information content (AvgIpc) is 3.75. The zero-order valence-corrected chi connectivity index (χ0v) is 27.8. The average molecular weight is 653 g/mol. The second-order valence-corrected chi connectivity index (χ2v) is 12.9. The van der Waals surface area contributed by atoms with Gasteiger partial charge in [-0.1, -0.05) is 127 Å². The number of para-hydroxylation sites is 4. The Kier molecular flexibility index (Phi) is 6.81. The molecule has 240 valence electrons. The molecule has 0 saturated carbocycles. The van der Waals surface area contributed by atoms with Crippen LogP contribution in [0.5, 0.6) is 0 Å². The van der Waals surface area contributed by atoms with Gasteiger partial charge >= 0.3 is 0 Å². The Bertz CT molecular complexity index is 2850. The lowest BCUT2D eigenvalue weighted by Crippen LogP contribution is -2.11. The Balaban J connectivity index is 1.20. The Morgan fingerprint density at radius 3 is 1.86 bits per heavy atom. The molecule has 0 bridgehead atoms. The number of anilines is 3. The molecule has 0 fully saturated rings. The van der Waals surface area contributed by atoms with Crippen LogP contribution in [0.2, 0.25) is 0 Å². The number of rotatable bonds is 6. The molecule has 10 aromatic rings. The van der Waals surface area contributed by atoms with Gasteiger partial charge in [0.2, 0.25) is 0 Å². The molecule has 0 amide bonds. The van der Waals surface area contributed by atoms with Crippen LogP contribution in [0.1, 0.15) is 0 Å². The van der Waals surface area contributed by atoms with Gasteiger partial charge in [0.1, 0.15) is 11.2 Å². The Hall–Kier alpha value is -6.84. The minimum absolute atomic E-state index is 0.906. The van der Waals surface area contributed by atoms with Crippen molar-refractivity contribution in [2.75, 3.05) is 4.90 Å². The highest BCUT2D eigenvalue weighted by Crippen LogP contribution is 2.46. The molecule has 3 nitrogen and oxygen atoms in total. The normalized spacial score (nSPS) is 11.5. The maximum absolute atomic E-state index is 6.13. The summed E-state index contributed by atoms with van der Waals surface area (Å²) in [4.78, 5) is 2.43. The van der Waals surface area contributed by atoms with E-state index >= 15 is 0 Å². The molecule has 0 atom stereocenters. The van der Waals surface area contributed by atoms with Gasteiger partial charge < -0.3 is 13.9 Å². The van der Waals surface area contributed by atoms with Crippen molar-refractivity contribution >= 4 is 60.8 Å².